The molecule has 0 radical (unpaired) electrons. The number of anilines is 2. The number of ether oxygens (including phenoxy) is 2. The molecule has 0 spiro atoms. The van der Waals surface area contributed by atoms with Crippen molar-refractivity contribution in [2.45, 2.75) is 0 Å². The zero-order valence-electron chi connectivity index (χ0n) is 17.1. The zero-order valence-corrected chi connectivity index (χ0v) is 17.1. The maximum absolute atomic E-state index is 12.6. The van der Waals surface area contributed by atoms with Crippen molar-refractivity contribution in [2.75, 3.05) is 57.2 Å². The van der Waals surface area contributed by atoms with E-state index in [1.165, 1.54) is 25.1 Å². The molecule has 1 fully saturated rings. The van der Waals surface area contributed by atoms with Gasteiger partial charge < -0.3 is 24.6 Å². The molecule has 2 amide bonds. The number of benzene rings is 2. The molecule has 0 aromatic heterocycles. The Labute approximate surface area is 175 Å². The Bertz CT molecular complexity index is 907. The lowest BCUT2D eigenvalue weighted by Crippen LogP contribution is -2.36. The summed E-state index contributed by atoms with van der Waals surface area (Å²) >= 11 is 0. The van der Waals surface area contributed by atoms with Crippen molar-refractivity contribution in [1.29, 1.82) is 0 Å². The van der Waals surface area contributed by atoms with Crippen LogP contribution in [0.2, 0.25) is 0 Å². The number of hydrogen-bond donors (Lipinski definition) is 1. The quantitative estimate of drug-likeness (QED) is 0.732. The van der Waals surface area contributed by atoms with E-state index >= 15 is 0 Å². The van der Waals surface area contributed by atoms with Crippen LogP contribution in [0, 0.1) is 0 Å². The Kier molecular flexibility index (Phi) is 7.03. The Hall–Kier alpha value is -3.39. The molecule has 2 aromatic rings. The van der Waals surface area contributed by atoms with Gasteiger partial charge in [0.15, 0.2) is 0 Å². The van der Waals surface area contributed by atoms with Crippen LogP contribution in [0.4, 0.5) is 11.4 Å². The highest BCUT2D eigenvalue weighted by molar-refractivity contribution is 6.01. The summed E-state index contributed by atoms with van der Waals surface area (Å²) in [6.07, 6.45) is 0. The SMILES string of the molecule is COC(=O)c1cccc(C(=O)N(C)CC(=O)Nc2ccc(N3CCOCC3)cc2)c1. The average Bonchev–Trinajstić information content (AvgIpc) is 2.79. The molecule has 8 nitrogen and oxygen atoms in total. The number of nitrogens with zero attached hydrogens (tertiary/aromatic N) is 2. The van der Waals surface area contributed by atoms with E-state index in [2.05, 4.69) is 15.0 Å². The lowest BCUT2D eigenvalue weighted by Gasteiger charge is -2.28. The Morgan fingerprint density at radius 3 is 2.40 bits per heavy atom. The molecule has 0 saturated carbocycles. The van der Waals surface area contributed by atoms with Gasteiger partial charge in [-0.1, -0.05) is 6.07 Å². The van der Waals surface area contributed by atoms with Crippen molar-refractivity contribution in [3.05, 3.63) is 59.7 Å². The van der Waals surface area contributed by atoms with Gasteiger partial charge in [-0.2, -0.15) is 0 Å². The molecule has 1 heterocycles. The van der Waals surface area contributed by atoms with E-state index in [4.69, 9.17) is 4.74 Å². The van der Waals surface area contributed by atoms with Crippen LogP contribution < -0.4 is 10.2 Å². The third-order valence-corrected chi connectivity index (χ3v) is 4.79. The Balaban J connectivity index is 1.56. The molecular weight excluding hydrogens is 386 g/mol. The van der Waals surface area contributed by atoms with Gasteiger partial charge in [-0.05, 0) is 42.5 Å². The lowest BCUT2D eigenvalue weighted by molar-refractivity contribution is -0.116. The number of hydrogen-bond acceptors (Lipinski definition) is 6. The van der Waals surface area contributed by atoms with Gasteiger partial charge in [0.2, 0.25) is 5.91 Å². The largest absolute Gasteiger partial charge is 0.465 e. The molecule has 1 saturated heterocycles. The summed E-state index contributed by atoms with van der Waals surface area (Å²) in [4.78, 5) is 40.1. The summed E-state index contributed by atoms with van der Waals surface area (Å²) in [5, 5.41) is 2.80. The molecule has 0 unspecified atom stereocenters. The van der Waals surface area contributed by atoms with Gasteiger partial charge in [0, 0.05) is 37.1 Å². The summed E-state index contributed by atoms with van der Waals surface area (Å²) < 4.78 is 10.0. The minimum atomic E-state index is -0.523. The normalized spacial score (nSPS) is 13.5. The minimum Gasteiger partial charge on any atom is -0.465 e. The van der Waals surface area contributed by atoms with Gasteiger partial charge in [-0.25, -0.2) is 4.79 Å². The molecule has 1 aliphatic heterocycles. The van der Waals surface area contributed by atoms with Crippen LogP contribution in [0.5, 0.6) is 0 Å². The van der Waals surface area contributed by atoms with E-state index in [1.807, 2.05) is 24.3 Å². The number of rotatable bonds is 6. The Morgan fingerprint density at radius 1 is 1.07 bits per heavy atom. The van der Waals surface area contributed by atoms with E-state index in [0.717, 1.165) is 18.8 Å². The monoisotopic (exact) mass is 411 g/mol. The van der Waals surface area contributed by atoms with Gasteiger partial charge >= 0.3 is 5.97 Å². The molecule has 8 heteroatoms. The number of likely N-dealkylation sites (N-methyl/N-ethyl adjacent to an activating group) is 1. The summed E-state index contributed by atoms with van der Waals surface area (Å²) in [7, 11) is 2.81. The van der Waals surface area contributed by atoms with E-state index in [9.17, 15) is 14.4 Å². The second kappa shape index (κ2) is 9.89. The second-order valence-corrected chi connectivity index (χ2v) is 6.93. The first-order valence-corrected chi connectivity index (χ1v) is 9.64. The van der Waals surface area contributed by atoms with Gasteiger partial charge in [0.25, 0.3) is 5.91 Å². The van der Waals surface area contributed by atoms with Gasteiger partial charge in [0.1, 0.15) is 0 Å². The van der Waals surface area contributed by atoms with Crippen LogP contribution >= 0.6 is 0 Å². The zero-order chi connectivity index (χ0) is 21.5. The van der Waals surface area contributed by atoms with Crippen LogP contribution in [0.1, 0.15) is 20.7 Å². The molecule has 0 aliphatic carbocycles. The molecule has 0 atom stereocenters. The number of esters is 1. The Morgan fingerprint density at radius 2 is 1.73 bits per heavy atom. The van der Waals surface area contributed by atoms with Crippen LogP contribution in [0.3, 0.4) is 0 Å². The molecule has 30 heavy (non-hydrogen) atoms. The predicted molar refractivity (Wildman–Crippen MR) is 113 cm³/mol. The molecule has 1 aliphatic rings. The third kappa shape index (κ3) is 5.36. The molecule has 3 rings (SSSR count). The second-order valence-electron chi connectivity index (χ2n) is 6.93. The van der Waals surface area contributed by atoms with Gasteiger partial charge in [-0.15, -0.1) is 0 Å². The first kappa shape index (κ1) is 21.3. The molecule has 158 valence electrons. The highest BCUT2D eigenvalue weighted by atomic mass is 16.5. The van der Waals surface area contributed by atoms with Crippen molar-refractivity contribution < 1.29 is 23.9 Å². The van der Waals surface area contributed by atoms with Crippen LogP contribution in [0.15, 0.2) is 48.5 Å². The van der Waals surface area contributed by atoms with Crippen molar-refractivity contribution in [1.82, 2.24) is 4.90 Å². The maximum atomic E-state index is 12.6. The topological polar surface area (TPSA) is 88.2 Å². The first-order chi connectivity index (χ1) is 14.5. The van der Waals surface area contributed by atoms with Gasteiger partial charge in [0.05, 0.1) is 32.4 Å². The van der Waals surface area contributed by atoms with Crippen molar-refractivity contribution >= 4 is 29.2 Å². The first-order valence-electron chi connectivity index (χ1n) is 9.64. The van der Waals surface area contributed by atoms with Crippen molar-refractivity contribution in [2.24, 2.45) is 0 Å². The summed E-state index contributed by atoms with van der Waals surface area (Å²) in [5.74, 6) is -1.20. The smallest absolute Gasteiger partial charge is 0.337 e. The minimum absolute atomic E-state index is 0.119. The summed E-state index contributed by atoms with van der Waals surface area (Å²) in [5.41, 5.74) is 2.32. The van der Waals surface area contributed by atoms with E-state index < -0.39 is 5.97 Å². The number of nitrogens with one attached hydrogen (secondary N) is 1. The molecule has 0 bridgehead atoms. The number of carbonyl (C=O) groups excluding carboxylic acids is 3. The van der Waals surface area contributed by atoms with Gasteiger partial charge in [-0.3, -0.25) is 9.59 Å². The average molecular weight is 411 g/mol. The number of methoxy groups -OCH3 is 1. The lowest BCUT2D eigenvalue weighted by atomic mass is 10.1. The number of morpholine rings is 1. The highest BCUT2D eigenvalue weighted by Crippen LogP contribution is 2.19. The standard InChI is InChI=1S/C22H25N3O5/c1-24(21(27)16-4-3-5-17(14-16)22(28)29-2)15-20(26)23-18-6-8-19(9-7-18)25-10-12-30-13-11-25/h3-9,14H,10-13,15H2,1-2H3,(H,23,26). The predicted octanol–water partition coefficient (Wildman–Crippen LogP) is 2.02. The number of carbonyl (C=O) groups is 3. The van der Waals surface area contributed by atoms with Crippen molar-refractivity contribution in [3.8, 4) is 0 Å². The fourth-order valence-electron chi connectivity index (χ4n) is 3.18. The van der Waals surface area contributed by atoms with Crippen molar-refractivity contribution in [3.63, 3.8) is 0 Å². The molecule has 2 aromatic carbocycles. The van der Waals surface area contributed by atoms with E-state index in [0.29, 0.717) is 24.5 Å². The fraction of sp³-hybridized carbons (Fsp3) is 0.318. The summed E-state index contributed by atoms with van der Waals surface area (Å²) in [6, 6.07) is 13.8. The molecular formula is C22H25N3O5. The fourth-order valence-corrected chi connectivity index (χ4v) is 3.18. The maximum Gasteiger partial charge on any atom is 0.337 e. The number of amides is 2. The van der Waals surface area contributed by atoms with Crippen LogP contribution in [0.25, 0.3) is 0 Å². The van der Waals surface area contributed by atoms with E-state index in [1.54, 1.807) is 18.2 Å². The van der Waals surface area contributed by atoms with Crippen LogP contribution in [-0.2, 0) is 14.3 Å². The van der Waals surface area contributed by atoms with Crippen LogP contribution in [-0.4, -0.2) is 69.7 Å². The molecule has 1 N–H and O–H groups in total. The summed E-state index contributed by atoms with van der Waals surface area (Å²) in [6.45, 7) is 2.99. The third-order valence-electron chi connectivity index (χ3n) is 4.79. The highest BCUT2D eigenvalue weighted by Gasteiger charge is 2.17. The van der Waals surface area contributed by atoms with E-state index in [-0.39, 0.29) is 23.9 Å².